The van der Waals surface area contributed by atoms with Gasteiger partial charge in [-0.15, -0.1) is 0 Å². The van der Waals surface area contributed by atoms with Crippen LogP contribution >= 0.6 is 0 Å². The molecule has 0 N–H and O–H groups in total. The van der Waals surface area contributed by atoms with Crippen molar-refractivity contribution in [1.82, 2.24) is 0 Å². The molecule has 0 aliphatic heterocycles. The van der Waals surface area contributed by atoms with Crippen molar-refractivity contribution >= 4 is 0 Å². The minimum absolute atomic E-state index is 0.561. The van der Waals surface area contributed by atoms with E-state index in [2.05, 4.69) is 38.1 Å². The topological polar surface area (TPSA) is 23.8 Å². The van der Waals surface area contributed by atoms with Gasteiger partial charge in [-0.1, -0.05) is 32.0 Å². The van der Waals surface area contributed by atoms with Gasteiger partial charge in [0.25, 0.3) is 0 Å². The first-order valence-electron chi connectivity index (χ1n) is 7.25. The molecule has 2 saturated carbocycles. The molecule has 0 radical (unpaired) electrons. The first-order valence-corrected chi connectivity index (χ1v) is 7.25. The molecular formula is C17H21N. The molecule has 1 aromatic rings. The van der Waals surface area contributed by atoms with E-state index in [0.29, 0.717) is 11.8 Å². The molecule has 0 amide bonds. The standard InChI is InChI=1S/C17H21N/c1-11(13-6-7-13)15-4-3-5-16(17(15)10-18)12(2)14-8-9-14/h3-5,11-14H,6-9H2,1-2H3/t11-,12-/m1/s1. The summed E-state index contributed by atoms with van der Waals surface area (Å²) in [4.78, 5) is 0. The van der Waals surface area contributed by atoms with Gasteiger partial charge in [0.2, 0.25) is 0 Å². The van der Waals surface area contributed by atoms with Crippen LogP contribution in [0.15, 0.2) is 18.2 Å². The number of nitrogens with zero attached hydrogens (tertiary/aromatic N) is 1. The molecule has 18 heavy (non-hydrogen) atoms. The zero-order valence-electron chi connectivity index (χ0n) is 11.3. The molecule has 0 spiro atoms. The second-order valence-electron chi connectivity index (χ2n) is 6.18. The Balaban J connectivity index is 1.98. The van der Waals surface area contributed by atoms with Crippen LogP contribution in [0.2, 0.25) is 0 Å². The minimum atomic E-state index is 0.561. The predicted molar refractivity (Wildman–Crippen MR) is 73.4 cm³/mol. The summed E-state index contributed by atoms with van der Waals surface area (Å²) >= 11 is 0. The number of hydrogen-bond acceptors (Lipinski definition) is 1. The highest BCUT2D eigenvalue weighted by atomic mass is 14.4. The lowest BCUT2D eigenvalue weighted by Crippen LogP contribution is -2.05. The van der Waals surface area contributed by atoms with E-state index in [1.807, 2.05) is 0 Å². The summed E-state index contributed by atoms with van der Waals surface area (Å²) in [5.41, 5.74) is 3.58. The fourth-order valence-corrected chi connectivity index (χ4v) is 3.18. The van der Waals surface area contributed by atoms with E-state index in [1.54, 1.807) is 0 Å². The quantitative estimate of drug-likeness (QED) is 0.754. The molecule has 2 atom stereocenters. The number of nitriles is 1. The van der Waals surface area contributed by atoms with Crippen molar-refractivity contribution in [3.05, 3.63) is 34.9 Å². The van der Waals surface area contributed by atoms with Crippen molar-refractivity contribution < 1.29 is 0 Å². The van der Waals surface area contributed by atoms with E-state index < -0.39 is 0 Å². The van der Waals surface area contributed by atoms with Gasteiger partial charge >= 0.3 is 0 Å². The first-order chi connectivity index (χ1) is 8.72. The Morgan fingerprint density at radius 1 is 1.00 bits per heavy atom. The van der Waals surface area contributed by atoms with Crippen molar-refractivity contribution in [3.8, 4) is 6.07 Å². The largest absolute Gasteiger partial charge is 0.192 e. The summed E-state index contributed by atoms with van der Waals surface area (Å²) in [6.45, 7) is 4.58. The molecule has 3 rings (SSSR count). The van der Waals surface area contributed by atoms with Gasteiger partial charge in [-0.25, -0.2) is 0 Å². The second kappa shape index (κ2) is 4.43. The molecule has 0 heterocycles. The van der Waals surface area contributed by atoms with Crippen molar-refractivity contribution in [2.24, 2.45) is 11.8 Å². The maximum atomic E-state index is 9.55. The molecule has 1 aromatic carbocycles. The van der Waals surface area contributed by atoms with E-state index >= 15 is 0 Å². The van der Waals surface area contributed by atoms with Crippen molar-refractivity contribution in [1.29, 1.82) is 5.26 Å². The fourth-order valence-electron chi connectivity index (χ4n) is 3.18. The molecule has 94 valence electrons. The maximum absolute atomic E-state index is 9.55. The lowest BCUT2D eigenvalue weighted by molar-refractivity contribution is 0.642. The molecule has 2 aliphatic carbocycles. The lowest BCUT2D eigenvalue weighted by Gasteiger charge is -2.18. The normalized spacial score (nSPS) is 22.3. The van der Waals surface area contributed by atoms with E-state index in [1.165, 1.54) is 36.8 Å². The highest BCUT2D eigenvalue weighted by Crippen LogP contribution is 2.46. The van der Waals surface area contributed by atoms with E-state index in [-0.39, 0.29) is 0 Å². The summed E-state index contributed by atoms with van der Waals surface area (Å²) in [7, 11) is 0. The smallest absolute Gasteiger partial charge is 0.0997 e. The highest BCUT2D eigenvalue weighted by Gasteiger charge is 2.33. The van der Waals surface area contributed by atoms with Crippen LogP contribution in [0.1, 0.15) is 68.1 Å². The van der Waals surface area contributed by atoms with Crippen LogP contribution in [0.3, 0.4) is 0 Å². The van der Waals surface area contributed by atoms with Gasteiger partial charge in [-0.3, -0.25) is 0 Å². The Kier molecular flexibility index (Phi) is 2.90. The van der Waals surface area contributed by atoms with Crippen molar-refractivity contribution in [2.45, 2.75) is 51.4 Å². The van der Waals surface area contributed by atoms with Crippen LogP contribution in [-0.4, -0.2) is 0 Å². The SMILES string of the molecule is C[C@@H](c1cccc([C@H](C)C2CC2)c1C#N)C1CC1. The van der Waals surface area contributed by atoms with Crippen LogP contribution in [0.4, 0.5) is 0 Å². The van der Waals surface area contributed by atoms with Crippen LogP contribution in [0.5, 0.6) is 0 Å². The summed E-state index contributed by atoms with van der Waals surface area (Å²) in [6.07, 6.45) is 5.37. The van der Waals surface area contributed by atoms with Gasteiger partial charge < -0.3 is 0 Å². The number of rotatable bonds is 4. The Morgan fingerprint density at radius 3 is 1.78 bits per heavy atom. The summed E-state index contributed by atoms with van der Waals surface area (Å²) in [5.74, 6) is 2.77. The summed E-state index contributed by atoms with van der Waals surface area (Å²) < 4.78 is 0. The Morgan fingerprint density at radius 2 is 1.44 bits per heavy atom. The zero-order valence-corrected chi connectivity index (χ0v) is 11.3. The summed E-state index contributed by atoms with van der Waals surface area (Å²) in [5, 5.41) is 9.55. The van der Waals surface area contributed by atoms with Crippen LogP contribution in [0, 0.1) is 23.2 Å². The van der Waals surface area contributed by atoms with Gasteiger partial charge in [-0.05, 0) is 60.5 Å². The third-order valence-corrected chi connectivity index (χ3v) is 4.88. The van der Waals surface area contributed by atoms with Crippen LogP contribution in [-0.2, 0) is 0 Å². The second-order valence-corrected chi connectivity index (χ2v) is 6.18. The molecule has 0 aromatic heterocycles. The fraction of sp³-hybridized carbons (Fsp3) is 0.588. The summed E-state index contributed by atoms with van der Waals surface area (Å²) in [6, 6.07) is 8.99. The molecule has 1 heteroatoms. The number of hydrogen-bond donors (Lipinski definition) is 0. The Hall–Kier alpha value is -1.29. The van der Waals surface area contributed by atoms with Gasteiger partial charge in [0.15, 0.2) is 0 Å². The van der Waals surface area contributed by atoms with E-state index in [0.717, 1.165) is 17.4 Å². The third-order valence-electron chi connectivity index (χ3n) is 4.88. The van der Waals surface area contributed by atoms with Crippen molar-refractivity contribution in [3.63, 3.8) is 0 Å². The zero-order chi connectivity index (χ0) is 12.7. The average Bonchev–Trinajstić information content (AvgIpc) is 3.27. The van der Waals surface area contributed by atoms with Gasteiger partial charge in [0.1, 0.15) is 0 Å². The Labute approximate surface area is 110 Å². The van der Waals surface area contributed by atoms with Gasteiger partial charge in [0.05, 0.1) is 11.6 Å². The molecule has 1 nitrogen and oxygen atoms in total. The molecule has 0 saturated heterocycles. The lowest BCUT2D eigenvalue weighted by atomic mass is 9.85. The van der Waals surface area contributed by atoms with Crippen LogP contribution in [0.25, 0.3) is 0 Å². The average molecular weight is 239 g/mol. The number of benzene rings is 1. The van der Waals surface area contributed by atoms with E-state index in [4.69, 9.17) is 0 Å². The molecule has 0 bridgehead atoms. The minimum Gasteiger partial charge on any atom is -0.192 e. The predicted octanol–water partition coefficient (Wildman–Crippen LogP) is 4.59. The maximum Gasteiger partial charge on any atom is 0.0997 e. The van der Waals surface area contributed by atoms with Crippen molar-refractivity contribution in [2.75, 3.05) is 0 Å². The molecule has 2 fully saturated rings. The first kappa shape index (κ1) is 11.8. The monoisotopic (exact) mass is 239 g/mol. The molecule has 2 aliphatic rings. The Bertz CT molecular complexity index is 453. The third kappa shape index (κ3) is 2.05. The molecule has 0 unspecified atom stereocenters. The van der Waals surface area contributed by atoms with Crippen LogP contribution < -0.4 is 0 Å². The van der Waals surface area contributed by atoms with Gasteiger partial charge in [0, 0.05) is 0 Å². The van der Waals surface area contributed by atoms with E-state index in [9.17, 15) is 5.26 Å². The molecular weight excluding hydrogens is 218 g/mol. The highest BCUT2D eigenvalue weighted by molar-refractivity contribution is 5.48. The van der Waals surface area contributed by atoms with Gasteiger partial charge in [-0.2, -0.15) is 5.26 Å².